The molecule has 0 bridgehead atoms. The van der Waals surface area contributed by atoms with E-state index in [1.54, 1.807) is 0 Å². The molecule has 0 aliphatic rings. The molecule has 224 valence electrons. The van der Waals surface area contributed by atoms with E-state index in [0.717, 1.165) is 27.5 Å². The molecule has 5 heteroatoms. The molecule has 10 aromatic rings. The monoisotopic (exact) mass is 624 g/mol. The lowest BCUT2D eigenvalue weighted by molar-refractivity contribution is 0.670. The number of aromatic nitrogens is 3. The molecule has 0 aliphatic carbocycles. The van der Waals surface area contributed by atoms with E-state index < -0.39 is 48.3 Å². The molecule has 0 N–H and O–H groups in total. The zero-order chi connectivity index (χ0) is 39.4. The molecular weight excluding hydrogens is 590 g/mol. The summed E-state index contributed by atoms with van der Waals surface area (Å²) < 4.78 is 91.6. The predicted octanol–water partition coefficient (Wildman–Crippen LogP) is 11.5. The summed E-state index contributed by atoms with van der Waals surface area (Å²) in [5.74, 6) is 0.365. The van der Waals surface area contributed by atoms with E-state index >= 15 is 0 Å². The summed E-state index contributed by atoms with van der Waals surface area (Å²) in [5, 5.41) is 1.30. The van der Waals surface area contributed by atoms with Crippen molar-refractivity contribution in [3.05, 3.63) is 151 Å². The Balaban J connectivity index is 1.23. The van der Waals surface area contributed by atoms with E-state index in [0.29, 0.717) is 16.7 Å². The number of hydrogen-bond donors (Lipinski definition) is 0. The molecule has 0 radical (unpaired) electrons. The van der Waals surface area contributed by atoms with Crippen molar-refractivity contribution < 1.29 is 21.2 Å². The average molecular weight is 625 g/mol. The predicted molar refractivity (Wildman–Crippen MR) is 194 cm³/mol. The number of hydrogen-bond acceptors (Lipinski definition) is 5. The van der Waals surface area contributed by atoms with Crippen molar-refractivity contribution >= 4 is 54.6 Å². The van der Waals surface area contributed by atoms with Crippen LogP contribution in [0.3, 0.4) is 0 Å². The Labute approximate surface area is 287 Å². The molecule has 0 atom stereocenters. The standard InChI is InChI=1S/C43H25N3O2/c1-3-10-26(11-4-1)32-16-9-17-34-33-21-19-30(25-38(33)48-39(32)34)43-45-41(28-13-5-2-6-14-28)44-42(46-43)29-20-23-37-36(24-29)35-22-18-27-12-7-8-15-31(27)40(35)47-37/h1-25H/i7D,8D,12D,15D,18D,20D,22D,23D,24D. The Kier molecular flexibility index (Phi) is 4.18. The third kappa shape index (κ3) is 4.22. The summed E-state index contributed by atoms with van der Waals surface area (Å²) in [5.41, 5.74) is 3.92. The fourth-order valence-electron chi connectivity index (χ4n) is 6.14. The first-order chi connectivity index (χ1) is 27.5. The lowest BCUT2D eigenvalue weighted by atomic mass is 10.0. The second-order valence-corrected chi connectivity index (χ2v) is 11.3. The number of para-hydroxylation sites is 1. The largest absolute Gasteiger partial charge is 0.455 e. The fraction of sp³-hybridized carbons (Fsp3) is 0. The van der Waals surface area contributed by atoms with E-state index in [2.05, 4.69) is 0 Å². The number of nitrogens with zero attached hydrogens (tertiary/aromatic N) is 3. The highest BCUT2D eigenvalue weighted by Gasteiger charge is 2.18. The van der Waals surface area contributed by atoms with Crippen molar-refractivity contribution in [3.63, 3.8) is 0 Å². The summed E-state index contributed by atoms with van der Waals surface area (Å²) in [4.78, 5) is 14.3. The SMILES string of the molecule is [2H]c1c(-c2nc(-c3ccccc3)nc(-c3ccc4c(c3)oc3c(-c5ccccc5)cccc34)n2)c([2H])c2c(oc3c4c([2H])c([2H])c([2H])c([2H])c4c([2H])c([2H])c32)c1[2H]. The minimum atomic E-state index is -0.565. The van der Waals surface area contributed by atoms with Gasteiger partial charge >= 0.3 is 0 Å². The molecule has 0 saturated heterocycles. The van der Waals surface area contributed by atoms with Crippen LogP contribution in [-0.2, 0) is 0 Å². The smallest absolute Gasteiger partial charge is 0.164 e. The van der Waals surface area contributed by atoms with E-state index in [-0.39, 0.29) is 61.8 Å². The van der Waals surface area contributed by atoms with Crippen molar-refractivity contribution in [2.45, 2.75) is 0 Å². The van der Waals surface area contributed by atoms with Gasteiger partial charge in [-0.15, -0.1) is 0 Å². The fourth-order valence-corrected chi connectivity index (χ4v) is 6.14. The Morgan fingerprint density at radius 3 is 2.00 bits per heavy atom. The first-order valence-corrected chi connectivity index (χ1v) is 15.2. The Hall–Kier alpha value is -6.59. The molecule has 0 unspecified atom stereocenters. The number of furan rings is 2. The minimum Gasteiger partial charge on any atom is -0.455 e. The molecule has 48 heavy (non-hydrogen) atoms. The zero-order valence-corrected chi connectivity index (χ0v) is 24.9. The van der Waals surface area contributed by atoms with Gasteiger partial charge < -0.3 is 8.83 Å². The van der Waals surface area contributed by atoms with Crippen LogP contribution in [0.25, 0.3) is 99.9 Å². The molecule has 0 spiro atoms. The van der Waals surface area contributed by atoms with Crippen LogP contribution in [0.2, 0.25) is 0 Å². The number of rotatable bonds is 4. The summed E-state index contributed by atoms with van der Waals surface area (Å²) >= 11 is 0. The van der Waals surface area contributed by atoms with Crippen molar-refractivity contribution in [1.82, 2.24) is 15.0 Å². The average Bonchev–Trinajstić information content (AvgIpc) is 3.83. The first kappa shape index (κ1) is 19.2. The van der Waals surface area contributed by atoms with Gasteiger partial charge in [0.25, 0.3) is 0 Å². The maximum absolute atomic E-state index is 9.50. The van der Waals surface area contributed by atoms with E-state index in [1.807, 2.05) is 97.1 Å². The topological polar surface area (TPSA) is 65.0 Å². The highest BCUT2D eigenvalue weighted by Crippen LogP contribution is 2.39. The van der Waals surface area contributed by atoms with Crippen LogP contribution in [0.4, 0.5) is 0 Å². The molecule has 0 aliphatic heterocycles. The number of fused-ring (bicyclic) bond motifs is 8. The van der Waals surface area contributed by atoms with Gasteiger partial charge in [-0.2, -0.15) is 0 Å². The van der Waals surface area contributed by atoms with Crippen LogP contribution in [0.1, 0.15) is 12.3 Å². The third-order valence-electron chi connectivity index (χ3n) is 8.42. The summed E-state index contributed by atoms with van der Waals surface area (Å²) in [6, 6.07) is 26.4. The Morgan fingerprint density at radius 1 is 0.438 bits per heavy atom. The van der Waals surface area contributed by atoms with Gasteiger partial charge in [0.05, 0.1) is 12.3 Å². The van der Waals surface area contributed by atoms with Crippen LogP contribution in [0, 0.1) is 0 Å². The number of benzene rings is 7. The summed E-state index contributed by atoms with van der Waals surface area (Å²) in [6.45, 7) is 0. The maximum Gasteiger partial charge on any atom is 0.164 e. The Morgan fingerprint density at radius 2 is 1.17 bits per heavy atom. The van der Waals surface area contributed by atoms with Crippen LogP contribution >= 0.6 is 0 Å². The molecular formula is C43H25N3O2. The van der Waals surface area contributed by atoms with Crippen LogP contribution < -0.4 is 0 Å². The quantitative estimate of drug-likeness (QED) is 0.195. The van der Waals surface area contributed by atoms with E-state index in [1.165, 1.54) is 0 Å². The third-order valence-corrected chi connectivity index (χ3v) is 8.42. The molecule has 3 heterocycles. The lowest BCUT2D eigenvalue weighted by Gasteiger charge is -2.08. The van der Waals surface area contributed by atoms with Gasteiger partial charge in [0.1, 0.15) is 22.3 Å². The van der Waals surface area contributed by atoms with Crippen molar-refractivity contribution in [2.24, 2.45) is 0 Å². The lowest BCUT2D eigenvalue weighted by Crippen LogP contribution is -2.00. The van der Waals surface area contributed by atoms with Crippen LogP contribution in [-0.4, -0.2) is 15.0 Å². The molecule has 3 aromatic heterocycles. The molecule has 10 rings (SSSR count). The van der Waals surface area contributed by atoms with Gasteiger partial charge in [0.15, 0.2) is 17.5 Å². The normalized spacial score (nSPS) is 14.4. The van der Waals surface area contributed by atoms with E-state index in [4.69, 9.17) is 34.8 Å². The van der Waals surface area contributed by atoms with Gasteiger partial charge in [-0.1, -0.05) is 115 Å². The molecule has 0 amide bonds. The van der Waals surface area contributed by atoms with Crippen LogP contribution in [0.5, 0.6) is 0 Å². The van der Waals surface area contributed by atoms with Gasteiger partial charge in [-0.05, 0) is 47.3 Å². The van der Waals surface area contributed by atoms with Crippen molar-refractivity contribution in [1.29, 1.82) is 0 Å². The van der Waals surface area contributed by atoms with Crippen molar-refractivity contribution in [2.75, 3.05) is 0 Å². The first-order valence-electron chi connectivity index (χ1n) is 19.7. The highest BCUT2D eigenvalue weighted by atomic mass is 16.3. The zero-order valence-electron chi connectivity index (χ0n) is 33.9. The van der Waals surface area contributed by atoms with Crippen molar-refractivity contribution in [3.8, 4) is 45.3 Å². The molecule has 5 nitrogen and oxygen atoms in total. The van der Waals surface area contributed by atoms with Gasteiger partial charge in [0, 0.05) is 49.2 Å². The van der Waals surface area contributed by atoms with E-state index in [9.17, 15) is 1.37 Å². The second kappa shape index (κ2) is 10.5. The minimum absolute atomic E-state index is 0.0741. The van der Waals surface area contributed by atoms with Crippen LogP contribution in [0.15, 0.2) is 160 Å². The van der Waals surface area contributed by atoms with Gasteiger partial charge in [-0.3, -0.25) is 0 Å². The highest BCUT2D eigenvalue weighted by molar-refractivity contribution is 6.15. The van der Waals surface area contributed by atoms with Gasteiger partial charge in [-0.25, -0.2) is 15.0 Å². The Bertz CT molecular complexity index is 3350. The molecule has 0 fully saturated rings. The van der Waals surface area contributed by atoms with Gasteiger partial charge in [0.2, 0.25) is 0 Å². The molecule has 0 saturated carbocycles. The summed E-state index contributed by atoms with van der Waals surface area (Å²) in [7, 11) is 0. The molecule has 7 aromatic carbocycles. The summed E-state index contributed by atoms with van der Waals surface area (Å²) in [6.07, 6.45) is 0. The second-order valence-electron chi connectivity index (χ2n) is 11.3. The maximum atomic E-state index is 9.50.